The fourth-order valence-electron chi connectivity index (χ4n) is 1.60. The summed E-state index contributed by atoms with van der Waals surface area (Å²) in [6.45, 7) is 0. The molecule has 0 amide bonds. The summed E-state index contributed by atoms with van der Waals surface area (Å²) in [4.78, 5) is 0. The molecule has 0 spiro atoms. The lowest BCUT2D eigenvalue weighted by atomic mass is 10.0. The van der Waals surface area contributed by atoms with Gasteiger partial charge in [-0.3, -0.25) is 0 Å². The van der Waals surface area contributed by atoms with Crippen LogP contribution < -0.4 is 10.5 Å². The van der Waals surface area contributed by atoms with Crippen molar-refractivity contribution in [1.29, 1.82) is 0 Å². The molecule has 4 heteroatoms. The van der Waals surface area contributed by atoms with Crippen LogP contribution in [-0.4, -0.2) is 17.8 Å². The molecule has 1 fully saturated rings. The summed E-state index contributed by atoms with van der Waals surface area (Å²) in [5.74, 6) is 0.770. The standard InChI is InChI=1S/C11H14ClNO2/c1-15-8-4-7(6-11(13)2-3-11)10(14)9(12)5-8/h4-5,14H,2-3,6,13H2,1H3. The quantitative estimate of drug-likeness (QED) is 0.832. The summed E-state index contributed by atoms with van der Waals surface area (Å²) in [7, 11) is 1.57. The SMILES string of the molecule is COc1cc(Cl)c(O)c(CC2(N)CC2)c1. The van der Waals surface area contributed by atoms with E-state index in [1.807, 2.05) is 0 Å². The predicted molar refractivity (Wildman–Crippen MR) is 59.5 cm³/mol. The molecule has 3 N–H and O–H groups in total. The van der Waals surface area contributed by atoms with Gasteiger partial charge in [-0.25, -0.2) is 0 Å². The molecule has 1 aliphatic carbocycles. The minimum Gasteiger partial charge on any atom is -0.506 e. The fraction of sp³-hybridized carbons (Fsp3) is 0.455. The minimum absolute atomic E-state index is 0.120. The Balaban J connectivity index is 2.31. The molecule has 1 aromatic rings. The Kier molecular flexibility index (Phi) is 2.52. The molecule has 0 unspecified atom stereocenters. The molecule has 0 bridgehead atoms. The predicted octanol–water partition coefficient (Wildman–Crippen LogP) is 2.09. The summed E-state index contributed by atoms with van der Waals surface area (Å²) in [5, 5.41) is 10.1. The van der Waals surface area contributed by atoms with Crippen molar-refractivity contribution in [3.8, 4) is 11.5 Å². The van der Waals surface area contributed by atoms with E-state index >= 15 is 0 Å². The average molecular weight is 228 g/mol. The van der Waals surface area contributed by atoms with Gasteiger partial charge in [-0.2, -0.15) is 0 Å². The molecular formula is C11H14ClNO2. The highest BCUT2D eigenvalue weighted by Crippen LogP contribution is 2.40. The molecule has 0 heterocycles. The first-order valence-electron chi connectivity index (χ1n) is 4.88. The van der Waals surface area contributed by atoms with Gasteiger partial charge in [0.15, 0.2) is 0 Å². The molecule has 2 rings (SSSR count). The smallest absolute Gasteiger partial charge is 0.137 e. The summed E-state index contributed by atoms with van der Waals surface area (Å²) < 4.78 is 5.09. The molecule has 0 radical (unpaired) electrons. The van der Waals surface area contributed by atoms with Crippen LogP contribution in [0.1, 0.15) is 18.4 Å². The average Bonchev–Trinajstić information content (AvgIpc) is 2.91. The fourth-order valence-corrected chi connectivity index (χ4v) is 1.83. The first kappa shape index (κ1) is 10.6. The zero-order chi connectivity index (χ0) is 11.1. The van der Waals surface area contributed by atoms with E-state index in [1.54, 1.807) is 19.2 Å². The first-order chi connectivity index (χ1) is 7.04. The molecule has 15 heavy (non-hydrogen) atoms. The Labute approximate surface area is 93.8 Å². The van der Waals surface area contributed by atoms with Crippen molar-refractivity contribution in [2.24, 2.45) is 5.73 Å². The highest BCUT2D eigenvalue weighted by atomic mass is 35.5. The van der Waals surface area contributed by atoms with E-state index in [-0.39, 0.29) is 11.3 Å². The number of rotatable bonds is 3. The van der Waals surface area contributed by atoms with Gasteiger partial charge < -0.3 is 15.6 Å². The van der Waals surface area contributed by atoms with Gasteiger partial charge in [0.25, 0.3) is 0 Å². The zero-order valence-corrected chi connectivity index (χ0v) is 9.34. The number of methoxy groups -OCH3 is 1. The summed E-state index contributed by atoms with van der Waals surface area (Å²) in [5.41, 5.74) is 6.61. The maximum atomic E-state index is 9.77. The van der Waals surface area contributed by atoms with E-state index in [1.165, 1.54) is 0 Å². The molecule has 0 atom stereocenters. The van der Waals surface area contributed by atoms with Gasteiger partial charge in [0.05, 0.1) is 12.1 Å². The summed E-state index contributed by atoms with van der Waals surface area (Å²) in [6.07, 6.45) is 2.65. The van der Waals surface area contributed by atoms with Crippen LogP contribution in [-0.2, 0) is 6.42 Å². The Morgan fingerprint density at radius 1 is 1.53 bits per heavy atom. The second-order valence-electron chi connectivity index (χ2n) is 4.16. The lowest BCUT2D eigenvalue weighted by molar-refractivity contribution is 0.410. The summed E-state index contributed by atoms with van der Waals surface area (Å²) >= 11 is 5.88. The molecule has 0 saturated heterocycles. The van der Waals surface area contributed by atoms with E-state index < -0.39 is 0 Å². The van der Waals surface area contributed by atoms with Crippen LogP contribution in [0.15, 0.2) is 12.1 Å². The highest BCUT2D eigenvalue weighted by Gasteiger charge is 2.38. The molecule has 82 valence electrons. The second kappa shape index (κ2) is 3.58. The van der Waals surface area contributed by atoms with Crippen molar-refractivity contribution in [3.05, 3.63) is 22.7 Å². The number of hydrogen-bond donors (Lipinski definition) is 2. The molecule has 0 aliphatic heterocycles. The number of aromatic hydroxyl groups is 1. The van der Waals surface area contributed by atoms with Gasteiger partial charge in [0.1, 0.15) is 11.5 Å². The van der Waals surface area contributed by atoms with E-state index in [2.05, 4.69) is 0 Å². The van der Waals surface area contributed by atoms with Crippen molar-refractivity contribution in [2.45, 2.75) is 24.8 Å². The van der Waals surface area contributed by atoms with Crippen LogP contribution in [0.2, 0.25) is 5.02 Å². The van der Waals surface area contributed by atoms with Gasteiger partial charge in [-0.05, 0) is 25.3 Å². The number of ether oxygens (including phenoxy) is 1. The Morgan fingerprint density at radius 3 is 2.73 bits per heavy atom. The maximum absolute atomic E-state index is 9.77. The highest BCUT2D eigenvalue weighted by molar-refractivity contribution is 6.32. The topological polar surface area (TPSA) is 55.5 Å². The van der Waals surface area contributed by atoms with Crippen LogP contribution >= 0.6 is 11.6 Å². The van der Waals surface area contributed by atoms with Crippen molar-refractivity contribution in [3.63, 3.8) is 0 Å². The minimum atomic E-state index is -0.146. The summed E-state index contributed by atoms with van der Waals surface area (Å²) in [6, 6.07) is 3.38. The number of phenolic OH excluding ortho intramolecular Hbond substituents is 1. The van der Waals surface area contributed by atoms with Crippen molar-refractivity contribution in [1.82, 2.24) is 0 Å². The number of benzene rings is 1. The third kappa shape index (κ3) is 2.19. The molecule has 3 nitrogen and oxygen atoms in total. The largest absolute Gasteiger partial charge is 0.506 e. The zero-order valence-electron chi connectivity index (χ0n) is 8.59. The van der Waals surface area contributed by atoms with Crippen LogP contribution in [0.3, 0.4) is 0 Å². The van der Waals surface area contributed by atoms with Crippen molar-refractivity contribution >= 4 is 11.6 Å². The van der Waals surface area contributed by atoms with Gasteiger partial charge in [-0.15, -0.1) is 0 Å². The molecule has 1 saturated carbocycles. The monoisotopic (exact) mass is 227 g/mol. The van der Waals surface area contributed by atoms with Gasteiger partial charge >= 0.3 is 0 Å². The van der Waals surface area contributed by atoms with Gasteiger partial charge in [0.2, 0.25) is 0 Å². The van der Waals surface area contributed by atoms with Crippen LogP contribution in [0, 0.1) is 0 Å². The van der Waals surface area contributed by atoms with E-state index in [0.717, 1.165) is 18.4 Å². The molecular weight excluding hydrogens is 214 g/mol. The molecule has 0 aromatic heterocycles. The van der Waals surface area contributed by atoms with Gasteiger partial charge in [0, 0.05) is 17.2 Å². The number of phenols is 1. The lowest BCUT2D eigenvalue weighted by Crippen LogP contribution is -2.24. The third-order valence-corrected chi connectivity index (χ3v) is 3.07. The van der Waals surface area contributed by atoms with E-state index in [0.29, 0.717) is 17.2 Å². The third-order valence-electron chi connectivity index (χ3n) is 2.79. The van der Waals surface area contributed by atoms with Crippen LogP contribution in [0.5, 0.6) is 11.5 Å². The van der Waals surface area contributed by atoms with Crippen LogP contribution in [0.25, 0.3) is 0 Å². The van der Waals surface area contributed by atoms with E-state index in [9.17, 15) is 5.11 Å². The van der Waals surface area contributed by atoms with Gasteiger partial charge in [-0.1, -0.05) is 11.6 Å². The Hall–Kier alpha value is -0.930. The number of hydrogen-bond acceptors (Lipinski definition) is 3. The molecule has 1 aliphatic rings. The number of nitrogens with two attached hydrogens (primary N) is 1. The molecule has 1 aromatic carbocycles. The van der Waals surface area contributed by atoms with Crippen molar-refractivity contribution in [2.75, 3.05) is 7.11 Å². The van der Waals surface area contributed by atoms with Crippen molar-refractivity contribution < 1.29 is 9.84 Å². The number of halogens is 1. The first-order valence-corrected chi connectivity index (χ1v) is 5.26. The Bertz CT molecular complexity index is 388. The normalized spacial score (nSPS) is 17.5. The Morgan fingerprint density at radius 2 is 2.20 bits per heavy atom. The maximum Gasteiger partial charge on any atom is 0.137 e. The van der Waals surface area contributed by atoms with Crippen LogP contribution in [0.4, 0.5) is 0 Å². The lowest BCUT2D eigenvalue weighted by Gasteiger charge is -2.12. The van der Waals surface area contributed by atoms with E-state index in [4.69, 9.17) is 22.1 Å². The second-order valence-corrected chi connectivity index (χ2v) is 4.56.